The van der Waals surface area contributed by atoms with Gasteiger partial charge in [0.1, 0.15) is 6.04 Å². The van der Waals surface area contributed by atoms with Crippen LogP contribution in [0.25, 0.3) is 0 Å². The molecule has 1 fully saturated rings. The molecule has 1 unspecified atom stereocenters. The van der Waals surface area contributed by atoms with E-state index in [1.807, 2.05) is 6.92 Å². The third kappa shape index (κ3) is 4.15. The molecule has 2 rings (SSSR count). The zero-order valence-corrected chi connectivity index (χ0v) is 13.2. The predicted octanol–water partition coefficient (Wildman–Crippen LogP) is 1.63. The number of ether oxygens (including phenoxy) is 1. The molecule has 1 saturated heterocycles. The van der Waals surface area contributed by atoms with Gasteiger partial charge in [0.25, 0.3) is 0 Å². The summed E-state index contributed by atoms with van der Waals surface area (Å²) < 4.78 is 6.37. The predicted molar refractivity (Wildman–Crippen MR) is 82.9 cm³/mol. The van der Waals surface area contributed by atoms with Crippen molar-refractivity contribution in [1.82, 2.24) is 10.2 Å². The maximum atomic E-state index is 11.9. The second-order valence-electron chi connectivity index (χ2n) is 4.57. The van der Waals surface area contributed by atoms with E-state index in [1.54, 1.807) is 0 Å². The second kappa shape index (κ2) is 7.21. The lowest BCUT2D eigenvalue weighted by atomic mass is 10.1. The number of carbonyl (C=O) groups is 1. The van der Waals surface area contributed by atoms with Crippen molar-refractivity contribution in [1.29, 1.82) is 0 Å². The minimum atomic E-state index is -0.173. The highest BCUT2D eigenvalue weighted by molar-refractivity contribution is 14.1. The summed E-state index contributed by atoms with van der Waals surface area (Å²) in [5.41, 5.74) is 1.23. The van der Waals surface area contributed by atoms with Gasteiger partial charge in [-0.05, 0) is 47.2 Å². The fourth-order valence-corrected chi connectivity index (χ4v) is 2.59. The van der Waals surface area contributed by atoms with E-state index in [9.17, 15) is 4.79 Å². The number of carbonyl (C=O) groups excluding carboxylic acids is 1. The summed E-state index contributed by atoms with van der Waals surface area (Å²) in [6.45, 7) is 5.53. The van der Waals surface area contributed by atoms with Crippen LogP contribution in [0.4, 0.5) is 0 Å². The molecular weight excluding hydrogens is 355 g/mol. The molecule has 1 aliphatic rings. The molecule has 0 saturated carbocycles. The third-order valence-electron chi connectivity index (χ3n) is 3.21. The Kier molecular flexibility index (Phi) is 5.59. The van der Waals surface area contributed by atoms with Crippen molar-refractivity contribution in [2.75, 3.05) is 26.2 Å². The molecule has 1 aromatic rings. The maximum absolute atomic E-state index is 11.9. The molecule has 1 heterocycles. The Morgan fingerprint density at radius 3 is 2.89 bits per heavy atom. The minimum Gasteiger partial charge on any atom is -0.465 e. The highest BCUT2D eigenvalue weighted by atomic mass is 127. The molecule has 19 heavy (non-hydrogen) atoms. The number of rotatable bonds is 4. The first-order valence-corrected chi connectivity index (χ1v) is 7.64. The van der Waals surface area contributed by atoms with Crippen LogP contribution in [0.1, 0.15) is 12.5 Å². The summed E-state index contributed by atoms with van der Waals surface area (Å²) in [6.07, 6.45) is 0. The molecule has 1 N–H and O–H groups in total. The summed E-state index contributed by atoms with van der Waals surface area (Å²) in [6, 6.07) is 8.25. The van der Waals surface area contributed by atoms with E-state index in [4.69, 9.17) is 4.74 Å². The fraction of sp³-hybridized carbons (Fsp3) is 0.500. The number of benzene rings is 1. The number of esters is 1. The number of piperazine rings is 1. The van der Waals surface area contributed by atoms with E-state index in [0.29, 0.717) is 13.2 Å². The number of halogens is 1. The average Bonchev–Trinajstić information content (AvgIpc) is 2.42. The van der Waals surface area contributed by atoms with Crippen molar-refractivity contribution in [3.8, 4) is 0 Å². The number of nitrogens with zero attached hydrogens (tertiary/aromatic N) is 1. The SMILES string of the molecule is CCOC(=O)C1CNCCN1Cc1ccc(I)cc1. The summed E-state index contributed by atoms with van der Waals surface area (Å²) >= 11 is 2.30. The smallest absolute Gasteiger partial charge is 0.324 e. The number of hydrogen-bond donors (Lipinski definition) is 1. The van der Waals surface area contributed by atoms with Crippen LogP contribution in [-0.4, -0.2) is 43.2 Å². The Hall–Kier alpha value is -0.660. The van der Waals surface area contributed by atoms with Crippen LogP contribution in [0.2, 0.25) is 0 Å². The highest BCUT2D eigenvalue weighted by Gasteiger charge is 2.29. The first-order valence-electron chi connectivity index (χ1n) is 6.56. The van der Waals surface area contributed by atoms with E-state index >= 15 is 0 Å². The number of hydrogen-bond acceptors (Lipinski definition) is 4. The van der Waals surface area contributed by atoms with Crippen LogP contribution in [0, 0.1) is 3.57 Å². The Morgan fingerprint density at radius 2 is 2.21 bits per heavy atom. The maximum Gasteiger partial charge on any atom is 0.324 e. The molecule has 0 amide bonds. The monoisotopic (exact) mass is 374 g/mol. The topological polar surface area (TPSA) is 41.6 Å². The molecule has 0 bridgehead atoms. The van der Waals surface area contributed by atoms with E-state index in [2.05, 4.69) is 57.1 Å². The zero-order valence-electron chi connectivity index (χ0n) is 11.1. The van der Waals surface area contributed by atoms with Crippen LogP contribution >= 0.6 is 22.6 Å². The van der Waals surface area contributed by atoms with Crippen molar-refractivity contribution < 1.29 is 9.53 Å². The van der Waals surface area contributed by atoms with Gasteiger partial charge < -0.3 is 10.1 Å². The first kappa shape index (κ1) is 14.7. The Bertz CT molecular complexity index is 422. The average molecular weight is 374 g/mol. The lowest BCUT2D eigenvalue weighted by Gasteiger charge is -2.34. The van der Waals surface area contributed by atoms with Gasteiger partial charge in [-0.1, -0.05) is 12.1 Å². The standard InChI is InChI=1S/C14H19IN2O2/c1-2-19-14(18)13-9-16-7-8-17(13)10-11-3-5-12(15)6-4-11/h3-6,13,16H,2,7-10H2,1H3. The molecule has 0 aromatic heterocycles. The highest BCUT2D eigenvalue weighted by Crippen LogP contribution is 2.13. The van der Waals surface area contributed by atoms with Gasteiger partial charge in [0, 0.05) is 29.7 Å². The van der Waals surface area contributed by atoms with Crippen molar-refractivity contribution in [2.24, 2.45) is 0 Å². The summed E-state index contributed by atoms with van der Waals surface area (Å²) in [5, 5.41) is 3.26. The van der Waals surface area contributed by atoms with Crippen molar-refractivity contribution >= 4 is 28.6 Å². The molecule has 4 nitrogen and oxygen atoms in total. The normalized spacial score (nSPS) is 20.2. The fourth-order valence-electron chi connectivity index (χ4n) is 2.23. The minimum absolute atomic E-state index is 0.125. The summed E-state index contributed by atoms with van der Waals surface area (Å²) in [5.74, 6) is -0.125. The van der Waals surface area contributed by atoms with Crippen LogP contribution in [-0.2, 0) is 16.1 Å². The molecule has 5 heteroatoms. The van der Waals surface area contributed by atoms with Crippen molar-refractivity contribution in [3.63, 3.8) is 0 Å². The molecule has 1 aromatic carbocycles. The van der Waals surface area contributed by atoms with Gasteiger partial charge >= 0.3 is 5.97 Å². The van der Waals surface area contributed by atoms with Crippen LogP contribution in [0.15, 0.2) is 24.3 Å². The number of nitrogens with one attached hydrogen (secondary N) is 1. The molecule has 1 atom stereocenters. The van der Waals surface area contributed by atoms with Gasteiger partial charge in [-0.15, -0.1) is 0 Å². The summed E-state index contributed by atoms with van der Waals surface area (Å²) in [4.78, 5) is 14.1. The van der Waals surface area contributed by atoms with Gasteiger partial charge in [0.15, 0.2) is 0 Å². The Labute approximate surface area is 127 Å². The van der Waals surface area contributed by atoms with Crippen molar-refractivity contribution in [2.45, 2.75) is 19.5 Å². The Morgan fingerprint density at radius 1 is 1.47 bits per heavy atom. The molecule has 104 valence electrons. The quantitative estimate of drug-likeness (QED) is 0.643. The van der Waals surface area contributed by atoms with Crippen molar-refractivity contribution in [3.05, 3.63) is 33.4 Å². The summed E-state index contributed by atoms with van der Waals surface area (Å²) in [7, 11) is 0. The third-order valence-corrected chi connectivity index (χ3v) is 3.93. The first-order chi connectivity index (χ1) is 9.20. The second-order valence-corrected chi connectivity index (χ2v) is 5.81. The van der Waals surface area contributed by atoms with Crippen LogP contribution in [0.3, 0.4) is 0 Å². The van der Waals surface area contributed by atoms with Gasteiger partial charge in [-0.3, -0.25) is 9.69 Å². The van der Waals surface area contributed by atoms with Crippen LogP contribution in [0.5, 0.6) is 0 Å². The van der Waals surface area contributed by atoms with Gasteiger partial charge in [0.2, 0.25) is 0 Å². The lowest BCUT2D eigenvalue weighted by molar-refractivity contribution is -0.150. The van der Waals surface area contributed by atoms with E-state index in [0.717, 1.165) is 19.6 Å². The molecule has 0 aliphatic carbocycles. The van der Waals surface area contributed by atoms with Crippen LogP contribution < -0.4 is 5.32 Å². The molecule has 1 aliphatic heterocycles. The van der Waals surface area contributed by atoms with Gasteiger partial charge in [-0.2, -0.15) is 0 Å². The van der Waals surface area contributed by atoms with E-state index in [1.165, 1.54) is 9.13 Å². The van der Waals surface area contributed by atoms with Gasteiger partial charge in [0.05, 0.1) is 6.61 Å². The largest absolute Gasteiger partial charge is 0.465 e. The van der Waals surface area contributed by atoms with Gasteiger partial charge in [-0.25, -0.2) is 0 Å². The molecule has 0 spiro atoms. The zero-order chi connectivity index (χ0) is 13.7. The molecule has 0 radical (unpaired) electrons. The Balaban J connectivity index is 2.03. The lowest BCUT2D eigenvalue weighted by Crippen LogP contribution is -2.54. The van der Waals surface area contributed by atoms with E-state index in [-0.39, 0.29) is 12.0 Å². The van der Waals surface area contributed by atoms with E-state index < -0.39 is 0 Å². The molecular formula is C14H19IN2O2.